The molecule has 2 aromatic rings. The van der Waals surface area contributed by atoms with Crippen LogP contribution < -0.4 is 10.1 Å². The first-order valence-corrected chi connectivity index (χ1v) is 8.29. The molecular formula is C20H24N2O3. The summed E-state index contributed by atoms with van der Waals surface area (Å²) in [5.74, 6) is 0.163. The van der Waals surface area contributed by atoms with Crippen molar-refractivity contribution in [2.24, 2.45) is 0 Å². The molecule has 0 fully saturated rings. The molecule has 0 aromatic heterocycles. The first kappa shape index (κ1) is 18.5. The van der Waals surface area contributed by atoms with E-state index < -0.39 is 6.10 Å². The summed E-state index contributed by atoms with van der Waals surface area (Å²) in [7, 11) is 3.35. The van der Waals surface area contributed by atoms with Crippen LogP contribution in [0.2, 0.25) is 0 Å². The van der Waals surface area contributed by atoms with Crippen LogP contribution in [0.3, 0.4) is 0 Å². The molecule has 2 aromatic carbocycles. The zero-order valence-electron chi connectivity index (χ0n) is 15.1. The molecule has 5 heteroatoms. The normalized spacial score (nSPS) is 11.5. The summed E-state index contributed by atoms with van der Waals surface area (Å²) in [6.07, 6.45) is 0.266. The van der Waals surface area contributed by atoms with Gasteiger partial charge < -0.3 is 15.0 Å². The Bertz CT molecular complexity index is 739. The van der Waals surface area contributed by atoms with Crippen molar-refractivity contribution < 1.29 is 14.3 Å². The van der Waals surface area contributed by atoms with Gasteiger partial charge in [0.2, 0.25) is 0 Å². The smallest absolute Gasteiger partial charge is 0.265 e. The fourth-order valence-corrected chi connectivity index (χ4v) is 2.32. The zero-order chi connectivity index (χ0) is 18.4. The number of hydrogen-bond acceptors (Lipinski definition) is 3. The van der Waals surface area contributed by atoms with Gasteiger partial charge in [0.1, 0.15) is 5.75 Å². The van der Waals surface area contributed by atoms with E-state index in [1.54, 1.807) is 45.3 Å². The van der Waals surface area contributed by atoms with Gasteiger partial charge in [-0.15, -0.1) is 0 Å². The summed E-state index contributed by atoms with van der Waals surface area (Å²) < 4.78 is 5.69. The monoisotopic (exact) mass is 340 g/mol. The van der Waals surface area contributed by atoms with Crippen LogP contribution in [0.1, 0.15) is 29.8 Å². The number of anilines is 1. The van der Waals surface area contributed by atoms with E-state index in [-0.39, 0.29) is 11.8 Å². The van der Waals surface area contributed by atoms with E-state index in [4.69, 9.17) is 4.74 Å². The SMILES string of the molecule is CCc1ccc(OC(C)C(=O)Nc2ccccc2C(=O)N(C)C)cc1. The van der Waals surface area contributed by atoms with E-state index in [0.717, 1.165) is 6.42 Å². The molecule has 2 rings (SSSR count). The Hall–Kier alpha value is -2.82. The van der Waals surface area contributed by atoms with Crippen LogP contribution in [0.4, 0.5) is 5.69 Å². The van der Waals surface area contributed by atoms with Gasteiger partial charge in [-0.1, -0.05) is 31.2 Å². The number of para-hydroxylation sites is 1. The molecule has 132 valence electrons. The highest BCUT2D eigenvalue weighted by Crippen LogP contribution is 2.18. The van der Waals surface area contributed by atoms with E-state index in [0.29, 0.717) is 17.0 Å². The van der Waals surface area contributed by atoms with Gasteiger partial charge in [-0.25, -0.2) is 0 Å². The minimum absolute atomic E-state index is 0.167. The van der Waals surface area contributed by atoms with Gasteiger partial charge in [0, 0.05) is 14.1 Å². The van der Waals surface area contributed by atoms with Crippen molar-refractivity contribution in [2.45, 2.75) is 26.4 Å². The molecule has 1 unspecified atom stereocenters. The lowest BCUT2D eigenvalue weighted by atomic mass is 10.1. The number of benzene rings is 2. The summed E-state index contributed by atoms with van der Waals surface area (Å²) in [4.78, 5) is 26.1. The maximum absolute atomic E-state index is 12.4. The zero-order valence-corrected chi connectivity index (χ0v) is 15.1. The first-order chi connectivity index (χ1) is 11.9. The average molecular weight is 340 g/mol. The number of carbonyl (C=O) groups excluding carboxylic acids is 2. The Balaban J connectivity index is 2.07. The van der Waals surface area contributed by atoms with Crippen LogP contribution in [-0.2, 0) is 11.2 Å². The number of amides is 2. The summed E-state index contributed by atoms with van der Waals surface area (Å²) in [6.45, 7) is 3.76. The van der Waals surface area contributed by atoms with E-state index in [1.165, 1.54) is 10.5 Å². The molecule has 5 nitrogen and oxygen atoms in total. The largest absolute Gasteiger partial charge is 0.481 e. The lowest BCUT2D eigenvalue weighted by Gasteiger charge is -2.18. The number of ether oxygens (including phenoxy) is 1. The van der Waals surface area contributed by atoms with Gasteiger partial charge in [-0.05, 0) is 43.2 Å². The molecule has 0 aliphatic rings. The molecule has 0 spiro atoms. The van der Waals surface area contributed by atoms with E-state index in [2.05, 4.69) is 12.2 Å². The van der Waals surface area contributed by atoms with Crippen molar-refractivity contribution in [1.82, 2.24) is 4.90 Å². The van der Waals surface area contributed by atoms with Crippen LogP contribution in [0.25, 0.3) is 0 Å². The number of aryl methyl sites for hydroxylation is 1. The van der Waals surface area contributed by atoms with Gasteiger partial charge >= 0.3 is 0 Å². The molecule has 0 aliphatic carbocycles. The van der Waals surface area contributed by atoms with Gasteiger partial charge in [-0.3, -0.25) is 9.59 Å². The van der Waals surface area contributed by atoms with Crippen LogP contribution in [0.15, 0.2) is 48.5 Å². The predicted octanol–water partition coefficient (Wildman–Crippen LogP) is 3.36. The summed E-state index contributed by atoms with van der Waals surface area (Å²) in [6, 6.07) is 14.6. The number of rotatable bonds is 6. The third kappa shape index (κ3) is 4.83. The Kier molecular flexibility index (Phi) is 6.17. The summed E-state index contributed by atoms with van der Waals surface area (Å²) in [5.41, 5.74) is 2.13. The van der Waals surface area contributed by atoms with E-state index in [9.17, 15) is 9.59 Å². The third-order valence-corrected chi connectivity index (χ3v) is 3.84. The fraction of sp³-hybridized carbons (Fsp3) is 0.300. The molecule has 25 heavy (non-hydrogen) atoms. The molecular weight excluding hydrogens is 316 g/mol. The van der Waals surface area contributed by atoms with E-state index >= 15 is 0 Å². The Labute approximate surface area is 148 Å². The quantitative estimate of drug-likeness (QED) is 0.877. The van der Waals surface area contributed by atoms with Crippen molar-refractivity contribution in [3.63, 3.8) is 0 Å². The minimum Gasteiger partial charge on any atom is -0.481 e. The van der Waals surface area contributed by atoms with Crippen molar-refractivity contribution in [1.29, 1.82) is 0 Å². The maximum atomic E-state index is 12.4. The maximum Gasteiger partial charge on any atom is 0.265 e. The Morgan fingerprint density at radius 1 is 1.08 bits per heavy atom. The molecule has 0 radical (unpaired) electrons. The molecule has 1 N–H and O–H groups in total. The Morgan fingerprint density at radius 3 is 2.32 bits per heavy atom. The highest BCUT2D eigenvalue weighted by molar-refractivity contribution is 6.04. The van der Waals surface area contributed by atoms with Crippen LogP contribution in [-0.4, -0.2) is 36.9 Å². The fourth-order valence-electron chi connectivity index (χ4n) is 2.32. The molecule has 0 saturated heterocycles. The van der Waals surface area contributed by atoms with Gasteiger partial charge in [0.05, 0.1) is 11.3 Å². The van der Waals surface area contributed by atoms with Gasteiger partial charge in [0.25, 0.3) is 11.8 Å². The highest BCUT2D eigenvalue weighted by Gasteiger charge is 2.19. The number of nitrogens with one attached hydrogen (secondary N) is 1. The minimum atomic E-state index is -0.685. The lowest BCUT2D eigenvalue weighted by molar-refractivity contribution is -0.122. The van der Waals surface area contributed by atoms with Gasteiger partial charge in [-0.2, -0.15) is 0 Å². The molecule has 1 atom stereocenters. The second-order valence-electron chi connectivity index (χ2n) is 5.99. The van der Waals surface area contributed by atoms with E-state index in [1.807, 2.05) is 24.3 Å². The standard InChI is InChI=1S/C20H24N2O3/c1-5-15-10-12-16(13-11-15)25-14(2)19(23)21-18-9-7-6-8-17(18)20(24)22(3)4/h6-14H,5H2,1-4H3,(H,21,23). The van der Waals surface area contributed by atoms with Crippen molar-refractivity contribution in [3.8, 4) is 5.75 Å². The first-order valence-electron chi connectivity index (χ1n) is 8.29. The number of hydrogen-bond donors (Lipinski definition) is 1. The number of nitrogens with zero attached hydrogens (tertiary/aromatic N) is 1. The molecule has 0 bridgehead atoms. The summed E-state index contributed by atoms with van der Waals surface area (Å²) in [5, 5.41) is 2.78. The predicted molar refractivity (Wildman–Crippen MR) is 99.0 cm³/mol. The van der Waals surface area contributed by atoms with Crippen molar-refractivity contribution in [2.75, 3.05) is 19.4 Å². The van der Waals surface area contributed by atoms with Gasteiger partial charge in [0.15, 0.2) is 6.10 Å². The average Bonchev–Trinajstić information content (AvgIpc) is 2.62. The second kappa shape index (κ2) is 8.33. The highest BCUT2D eigenvalue weighted by atomic mass is 16.5. The van der Waals surface area contributed by atoms with Crippen molar-refractivity contribution >= 4 is 17.5 Å². The molecule has 0 saturated carbocycles. The third-order valence-electron chi connectivity index (χ3n) is 3.84. The summed E-state index contributed by atoms with van der Waals surface area (Å²) >= 11 is 0. The van der Waals surface area contributed by atoms with Crippen molar-refractivity contribution in [3.05, 3.63) is 59.7 Å². The van der Waals surface area contributed by atoms with Crippen LogP contribution >= 0.6 is 0 Å². The second-order valence-corrected chi connectivity index (χ2v) is 5.99. The van der Waals surface area contributed by atoms with Crippen LogP contribution in [0, 0.1) is 0 Å². The molecule has 0 heterocycles. The topological polar surface area (TPSA) is 58.6 Å². The Morgan fingerprint density at radius 2 is 1.72 bits per heavy atom. The number of carbonyl (C=O) groups is 2. The molecule has 0 aliphatic heterocycles. The molecule has 2 amide bonds. The van der Waals surface area contributed by atoms with Crippen LogP contribution in [0.5, 0.6) is 5.75 Å². The lowest BCUT2D eigenvalue weighted by Crippen LogP contribution is -2.31.